The maximum Gasteiger partial charge on any atom is 0.181 e. The Balaban J connectivity index is 0.947. The predicted octanol–water partition coefficient (Wildman–Crippen LogP) is 8.70. The van der Waals surface area contributed by atoms with Crippen LogP contribution in [0.25, 0.3) is 0 Å². The van der Waals surface area contributed by atoms with Gasteiger partial charge < -0.3 is 4.57 Å². The highest BCUT2D eigenvalue weighted by Gasteiger charge is 2.86. The van der Waals surface area contributed by atoms with Crippen LogP contribution < -0.4 is 0 Å². The predicted molar refractivity (Wildman–Crippen MR) is 151 cm³/mol. The van der Waals surface area contributed by atoms with Crippen LogP contribution in [0, 0.1) is 117 Å². The van der Waals surface area contributed by atoms with Crippen LogP contribution in [0.5, 0.6) is 0 Å². The smallest absolute Gasteiger partial charge is 0.181 e. The molecule has 39 heavy (non-hydrogen) atoms. The molecular weight excluding hydrogens is 515 g/mol. The molecule has 20 rings (SSSR count). The zero-order chi connectivity index (χ0) is 24.8. The molecular formula is C36H46ClOP. The molecule has 12 atom stereocenters. The van der Waals surface area contributed by atoms with Gasteiger partial charge in [0, 0.05) is 10.3 Å². The number of rotatable bonds is 2. The van der Waals surface area contributed by atoms with E-state index in [2.05, 4.69) is 0 Å². The van der Waals surface area contributed by atoms with E-state index in [1.54, 1.807) is 51.4 Å². The molecule has 1 nitrogen and oxygen atoms in total. The third kappa shape index (κ3) is 1.73. The third-order valence-corrected chi connectivity index (χ3v) is 26.2. The molecule has 0 aliphatic heterocycles. The SMILES string of the molecule is O=P(Cl)(C12CC3C4CC5C6CC7CC5C(C4C1)C(C7)(C2)C63)C12CC3C4CC5C6CC7CC5C(C4C1)C(C7)(C2)C63. The molecule has 0 amide bonds. The average Bonchev–Trinajstić information content (AvgIpc) is 2.90. The van der Waals surface area contributed by atoms with E-state index in [9.17, 15) is 0 Å². The summed E-state index contributed by atoms with van der Waals surface area (Å²) in [7, 11) is 0. The lowest BCUT2D eigenvalue weighted by Gasteiger charge is -2.87. The second-order valence-corrected chi connectivity index (χ2v) is 24.6. The van der Waals surface area contributed by atoms with E-state index in [-0.39, 0.29) is 10.3 Å². The molecule has 0 heterocycles. The van der Waals surface area contributed by atoms with Crippen molar-refractivity contribution in [3.63, 3.8) is 0 Å². The van der Waals surface area contributed by atoms with Gasteiger partial charge in [-0.1, -0.05) is 11.2 Å². The second kappa shape index (κ2) is 5.59. The Morgan fingerprint density at radius 1 is 0.436 bits per heavy atom. The molecule has 20 saturated carbocycles. The molecule has 0 aromatic carbocycles. The molecule has 20 aliphatic carbocycles. The van der Waals surface area contributed by atoms with Crippen molar-refractivity contribution in [2.45, 2.75) is 100 Å². The summed E-state index contributed by atoms with van der Waals surface area (Å²) in [5, 5.41) is 0.0882. The third-order valence-electron chi connectivity index (χ3n) is 20.6. The van der Waals surface area contributed by atoms with Crippen molar-refractivity contribution in [1.29, 1.82) is 0 Å². The zero-order valence-electron chi connectivity index (χ0n) is 23.5. The van der Waals surface area contributed by atoms with E-state index in [0.717, 1.165) is 107 Å². The van der Waals surface area contributed by atoms with E-state index >= 15 is 4.57 Å². The summed E-state index contributed by atoms with van der Waals surface area (Å²) in [5.41, 5.74) is 1.19. The first kappa shape index (κ1) is 21.3. The number of hydrogen-bond acceptors (Lipinski definition) is 1. The molecule has 0 saturated heterocycles. The first-order valence-electron chi connectivity index (χ1n) is 18.2. The molecule has 0 N–H and O–H groups in total. The van der Waals surface area contributed by atoms with Crippen LogP contribution in [0.3, 0.4) is 0 Å². The fourth-order valence-electron chi connectivity index (χ4n) is 21.9. The fourth-order valence-corrected chi connectivity index (χ4v) is 26.8. The quantitative estimate of drug-likeness (QED) is 0.309. The maximum atomic E-state index is 16.3. The Morgan fingerprint density at radius 2 is 0.769 bits per heavy atom. The van der Waals surface area contributed by atoms with Crippen molar-refractivity contribution in [3.05, 3.63) is 0 Å². The standard InChI is InChI=1S/C36H46ClOP/c37-39(38,33-9-25-19-5-17-21-1-15-2-22(17)30(26(19)10-33)35(7-15,13-33)29(21)25)34-11-27-20-6-18-23-3-16-4-24(18)32(28(20)12-34)36(8-16,14-34)31(23)27/h15-32H,1-14H2. The average molecular weight is 561 g/mol. The summed E-state index contributed by atoms with van der Waals surface area (Å²) < 4.78 is 16.3. The molecule has 3 heteroatoms. The van der Waals surface area contributed by atoms with Gasteiger partial charge in [0.15, 0.2) is 6.49 Å². The summed E-state index contributed by atoms with van der Waals surface area (Å²) in [5.74, 6) is 18.4. The highest BCUT2D eigenvalue weighted by atomic mass is 35.7. The van der Waals surface area contributed by atoms with E-state index < -0.39 is 6.49 Å². The van der Waals surface area contributed by atoms with Crippen LogP contribution in [0.15, 0.2) is 0 Å². The zero-order valence-corrected chi connectivity index (χ0v) is 25.2. The van der Waals surface area contributed by atoms with Gasteiger partial charge in [-0.3, -0.25) is 0 Å². The lowest BCUT2D eigenvalue weighted by molar-refractivity contribution is -0.347. The monoisotopic (exact) mass is 560 g/mol. The molecule has 0 aromatic rings. The molecule has 0 radical (unpaired) electrons. The normalized spacial score (nSPS) is 80.7. The number of hydrogen-bond donors (Lipinski definition) is 0. The highest BCUT2D eigenvalue weighted by molar-refractivity contribution is 7.91. The first-order chi connectivity index (χ1) is 18.9. The minimum Gasteiger partial charge on any atom is -0.305 e. The topological polar surface area (TPSA) is 17.1 Å². The second-order valence-electron chi connectivity index (χ2n) is 20.2. The van der Waals surface area contributed by atoms with Crippen molar-refractivity contribution in [1.82, 2.24) is 0 Å². The van der Waals surface area contributed by atoms with E-state index in [1.807, 2.05) is 0 Å². The van der Waals surface area contributed by atoms with Crippen LogP contribution in [0.4, 0.5) is 0 Å². The van der Waals surface area contributed by atoms with Gasteiger partial charge in [0.1, 0.15) is 0 Å². The van der Waals surface area contributed by atoms with E-state index in [4.69, 9.17) is 11.2 Å². The van der Waals surface area contributed by atoms with Gasteiger partial charge in [-0.15, -0.1) is 0 Å². The van der Waals surface area contributed by atoms with Gasteiger partial charge >= 0.3 is 0 Å². The fraction of sp³-hybridized carbons (Fsp3) is 1.00. The largest absolute Gasteiger partial charge is 0.305 e. The van der Waals surface area contributed by atoms with Crippen molar-refractivity contribution in [3.8, 4) is 0 Å². The van der Waals surface area contributed by atoms with Crippen LogP contribution in [-0.4, -0.2) is 10.3 Å². The van der Waals surface area contributed by atoms with E-state index in [0.29, 0.717) is 10.8 Å². The van der Waals surface area contributed by atoms with Gasteiger partial charge in [-0.2, -0.15) is 0 Å². The molecule has 208 valence electrons. The van der Waals surface area contributed by atoms with Gasteiger partial charge in [0.2, 0.25) is 0 Å². The molecule has 12 unspecified atom stereocenters. The summed E-state index contributed by atoms with van der Waals surface area (Å²) in [4.78, 5) is 0. The Bertz CT molecular complexity index is 1210. The lowest BCUT2D eigenvalue weighted by Crippen LogP contribution is -2.81. The molecule has 20 fully saturated rings. The Kier molecular flexibility index (Phi) is 3.05. The number of halogens is 1. The van der Waals surface area contributed by atoms with Crippen LogP contribution in [0.2, 0.25) is 0 Å². The van der Waals surface area contributed by atoms with Gasteiger partial charge in [0.25, 0.3) is 0 Å². The van der Waals surface area contributed by atoms with Crippen molar-refractivity contribution in [2.75, 3.05) is 0 Å². The van der Waals surface area contributed by atoms with Gasteiger partial charge in [-0.25, -0.2) is 0 Å². The minimum atomic E-state index is -2.83. The Hall–Kier alpha value is 0.520. The van der Waals surface area contributed by atoms with Crippen LogP contribution in [0.1, 0.15) is 89.9 Å². The first-order valence-corrected chi connectivity index (χ1v) is 20.8. The summed E-state index contributed by atoms with van der Waals surface area (Å²) in [6.07, 6.45) is 20.6. The Labute approximate surface area is 239 Å². The summed E-state index contributed by atoms with van der Waals surface area (Å²) in [6.45, 7) is -2.83. The van der Waals surface area contributed by atoms with Crippen molar-refractivity contribution in [2.24, 2.45) is 117 Å². The highest BCUT2D eigenvalue weighted by Crippen LogP contribution is 2.96. The maximum absolute atomic E-state index is 16.3. The molecule has 22 bridgehead atoms. The van der Waals surface area contributed by atoms with Crippen LogP contribution in [-0.2, 0) is 4.57 Å². The van der Waals surface area contributed by atoms with E-state index in [1.165, 1.54) is 38.5 Å². The molecule has 2 spiro atoms. The summed E-state index contributed by atoms with van der Waals surface area (Å²) >= 11 is 8.21. The molecule has 0 aromatic heterocycles. The Morgan fingerprint density at radius 3 is 1.13 bits per heavy atom. The summed E-state index contributed by atoms with van der Waals surface area (Å²) in [6, 6.07) is 0. The van der Waals surface area contributed by atoms with Crippen molar-refractivity contribution < 1.29 is 4.57 Å². The van der Waals surface area contributed by atoms with Gasteiger partial charge in [0.05, 0.1) is 0 Å². The van der Waals surface area contributed by atoms with Crippen LogP contribution >= 0.6 is 17.7 Å². The minimum absolute atomic E-state index is 0.0441. The van der Waals surface area contributed by atoms with Gasteiger partial charge in [-0.05, 0) is 207 Å². The lowest BCUT2D eigenvalue weighted by atomic mass is 9.21. The van der Waals surface area contributed by atoms with Crippen molar-refractivity contribution >= 4 is 17.7 Å². The molecule has 20 aliphatic rings.